The summed E-state index contributed by atoms with van der Waals surface area (Å²) in [4.78, 5) is 17.6. The second kappa shape index (κ2) is 7.38. The maximum atomic E-state index is 12.5. The fraction of sp³-hybridized carbons (Fsp3) is 0.190. The van der Waals surface area contributed by atoms with E-state index in [2.05, 4.69) is 10.3 Å². The van der Waals surface area contributed by atoms with Gasteiger partial charge in [0.05, 0.1) is 6.20 Å². The van der Waals surface area contributed by atoms with E-state index < -0.39 is 5.97 Å². The lowest BCUT2D eigenvalue weighted by Crippen LogP contribution is -2.15. The standard InChI is InChI=1S/C21H16ClN3O5/c22-16-4-2-1-3-12(16)13-8-14(13)19-15(9-24-29-19)21(26)30-25-20(23)11-5-6-17-18(7-11)28-10-27-17/h1-7,9,13-14H,8,10H2,(H2,23,25). The summed E-state index contributed by atoms with van der Waals surface area (Å²) < 4.78 is 15.9. The maximum absolute atomic E-state index is 12.5. The van der Waals surface area contributed by atoms with Crippen molar-refractivity contribution in [1.82, 2.24) is 5.16 Å². The Labute approximate surface area is 176 Å². The van der Waals surface area contributed by atoms with Crippen LogP contribution in [0, 0.1) is 0 Å². The van der Waals surface area contributed by atoms with Crippen molar-refractivity contribution in [3.63, 3.8) is 0 Å². The van der Waals surface area contributed by atoms with Crippen molar-refractivity contribution in [2.45, 2.75) is 18.3 Å². The molecule has 2 aliphatic rings. The molecule has 0 radical (unpaired) electrons. The lowest BCUT2D eigenvalue weighted by atomic mass is 10.1. The van der Waals surface area contributed by atoms with Gasteiger partial charge in [-0.1, -0.05) is 40.1 Å². The smallest absolute Gasteiger partial charge is 0.371 e. The number of nitrogens with two attached hydrogens (primary N) is 1. The third-order valence-corrected chi connectivity index (χ3v) is 5.49. The molecule has 152 valence electrons. The van der Waals surface area contributed by atoms with Crippen molar-refractivity contribution in [1.29, 1.82) is 0 Å². The summed E-state index contributed by atoms with van der Waals surface area (Å²) in [6.45, 7) is 0.150. The molecule has 9 heteroatoms. The van der Waals surface area contributed by atoms with Crippen molar-refractivity contribution >= 4 is 23.4 Å². The molecule has 8 nitrogen and oxygen atoms in total. The second-order valence-corrected chi connectivity index (χ2v) is 7.40. The van der Waals surface area contributed by atoms with Gasteiger partial charge in [-0.15, -0.1) is 0 Å². The number of amidine groups is 1. The summed E-state index contributed by atoms with van der Waals surface area (Å²) >= 11 is 6.28. The molecule has 5 rings (SSSR count). The number of hydrogen-bond acceptors (Lipinski definition) is 7. The van der Waals surface area contributed by atoms with Gasteiger partial charge in [-0.2, -0.15) is 0 Å². The van der Waals surface area contributed by atoms with Gasteiger partial charge in [-0.05, 0) is 42.2 Å². The summed E-state index contributed by atoms with van der Waals surface area (Å²) in [7, 11) is 0. The van der Waals surface area contributed by atoms with Crippen LogP contribution in [0.4, 0.5) is 0 Å². The van der Waals surface area contributed by atoms with Crippen LogP contribution in [0.25, 0.3) is 0 Å². The SMILES string of the molecule is NC(=NOC(=O)c1cnoc1C1CC1c1ccccc1Cl)c1ccc2c(c1)OCO2. The molecule has 0 spiro atoms. The molecule has 0 saturated heterocycles. The number of nitrogens with zero attached hydrogens (tertiary/aromatic N) is 2. The molecule has 2 atom stereocenters. The van der Waals surface area contributed by atoms with Gasteiger partial charge >= 0.3 is 5.97 Å². The number of carbonyl (C=O) groups excluding carboxylic acids is 1. The molecular weight excluding hydrogens is 410 g/mol. The number of benzene rings is 2. The van der Waals surface area contributed by atoms with Gasteiger partial charge in [-0.3, -0.25) is 0 Å². The van der Waals surface area contributed by atoms with Crippen LogP contribution in [0.15, 0.2) is 58.3 Å². The van der Waals surface area contributed by atoms with Gasteiger partial charge < -0.3 is 24.6 Å². The lowest BCUT2D eigenvalue weighted by molar-refractivity contribution is 0.0513. The second-order valence-electron chi connectivity index (χ2n) is 7.00. The molecule has 2 N–H and O–H groups in total. The highest BCUT2D eigenvalue weighted by atomic mass is 35.5. The topological polar surface area (TPSA) is 109 Å². The largest absolute Gasteiger partial charge is 0.454 e. The van der Waals surface area contributed by atoms with Crippen LogP contribution in [0.2, 0.25) is 5.02 Å². The van der Waals surface area contributed by atoms with E-state index in [1.807, 2.05) is 24.3 Å². The monoisotopic (exact) mass is 425 g/mol. The van der Waals surface area contributed by atoms with E-state index in [9.17, 15) is 4.79 Å². The number of oxime groups is 1. The van der Waals surface area contributed by atoms with E-state index in [1.54, 1.807) is 18.2 Å². The fourth-order valence-electron chi connectivity index (χ4n) is 3.52. The number of carbonyl (C=O) groups is 1. The molecular formula is C21H16ClN3O5. The number of fused-ring (bicyclic) bond motifs is 1. The Morgan fingerprint density at radius 3 is 2.87 bits per heavy atom. The summed E-state index contributed by atoms with van der Waals surface area (Å²) in [5.41, 5.74) is 7.72. The normalized spacial score (nSPS) is 19.6. The summed E-state index contributed by atoms with van der Waals surface area (Å²) in [6, 6.07) is 12.7. The van der Waals surface area contributed by atoms with Gasteiger partial charge in [-0.25, -0.2) is 4.79 Å². The zero-order valence-electron chi connectivity index (χ0n) is 15.6. The number of aromatic nitrogens is 1. The molecule has 1 aromatic heterocycles. The van der Waals surface area contributed by atoms with Crippen molar-refractivity contribution in [3.8, 4) is 11.5 Å². The van der Waals surface area contributed by atoms with Gasteiger partial charge in [0, 0.05) is 16.5 Å². The number of halogens is 1. The van der Waals surface area contributed by atoms with Crippen LogP contribution in [-0.2, 0) is 4.84 Å². The molecule has 30 heavy (non-hydrogen) atoms. The van der Waals surface area contributed by atoms with Crippen LogP contribution in [0.1, 0.15) is 45.5 Å². The zero-order valence-corrected chi connectivity index (χ0v) is 16.3. The predicted octanol–water partition coefficient (Wildman–Crippen LogP) is 3.81. The quantitative estimate of drug-likeness (QED) is 0.286. The fourth-order valence-corrected chi connectivity index (χ4v) is 3.80. The molecule has 1 aliphatic carbocycles. The minimum absolute atomic E-state index is 0.00476. The first-order valence-corrected chi connectivity index (χ1v) is 9.63. The molecule has 2 unspecified atom stereocenters. The van der Waals surface area contributed by atoms with Crippen LogP contribution in [0.3, 0.4) is 0 Å². The summed E-state index contributed by atoms with van der Waals surface area (Å²) in [5.74, 6) is 1.14. The Balaban J connectivity index is 1.30. The molecule has 2 aromatic carbocycles. The molecule has 1 aliphatic heterocycles. The highest BCUT2D eigenvalue weighted by Gasteiger charge is 2.45. The van der Waals surface area contributed by atoms with Crippen molar-refractivity contribution in [2.24, 2.45) is 10.9 Å². The molecule has 1 fully saturated rings. The summed E-state index contributed by atoms with van der Waals surface area (Å²) in [5, 5.41) is 8.20. The molecule has 3 aromatic rings. The van der Waals surface area contributed by atoms with Crippen molar-refractivity contribution in [3.05, 3.63) is 76.1 Å². The number of hydrogen-bond donors (Lipinski definition) is 1. The van der Waals surface area contributed by atoms with E-state index in [-0.39, 0.29) is 30.0 Å². The third kappa shape index (κ3) is 3.35. The molecule has 0 amide bonds. The first kappa shape index (κ1) is 18.5. The third-order valence-electron chi connectivity index (χ3n) is 5.15. The van der Waals surface area contributed by atoms with Gasteiger partial charge in [0.25, 0.3) is 0 Å². The van der Waals surface area contributed by atoms with Crippen molar-refractivity contribution in [2.75, 3.05) is 6.79 Å². The van der Waals surface area contributed by atoms with Crippen molar-refractivity contribution < 1.29 is 23.6 Å². The molecule has 2 heterocycles. The Morgan fingerprint density at radius 1 is 1.17 bits per heavy atom. The highest BCUT2D eigenvalue weighted by Crippen LogP contribution is 2.56. The predicted molar refractivity (Wildman–Crippen MR) is 107 cm³/mol. The van der Waals surface area contributed by atoms with E-state index in [0.717, 1.165) is 12.0 Å². The van der Waals surface area contributed by atoms with E-state index in [0.29, 0.717) is 27.8 Å². The van der Waals surface area contributed by atoms with Gasteiger partial charge in [0.2, 0.25) is 6.79 Å². The Kier molecular flexibility index (Phi) is 4.55. The Hall–Kier alpha value is -3.52. The maximum Gasteiger partial charge on any atom is 0.371 e. The summed E-state index contributed by atoms with van der Waals surface area (Å²) in [6.07, 6.45) is 2.13. The van der Waals surface area contributed by atoms with E-state index >= 15 is 0 Å². The van der Waals surface area contributed by atoms with Gasteiger partial charge in [0.1, 0.15) is 5.56 Å². The van der Waals surface area contributed by atoms with Crippen LogP contribution >= 0.6 is 11.6 Å². The first-order chi connectivity index (χ1) is 14.6. The van der Waals surface area contributed by atoms with Crippen LogP contribution in [0.5, 0.6) is 11.5 Å². The average molecular weight is 426 g/mol. The highest BCUT2D eigenvalue weighted by molar-refractivity contribution is 6.31. The van der Waals surface area contributed by atoms with Crippen LogP contribution in [-0.4, -0.2) is 23.8 Å². The number of ether oxygens (including phenoxy) is 2. The van der Waals surface area contributed by atoms with E-state index in [4.69, 9.17) is 36.2 Å². The Morgan fingerprint density at radius 2 is 2.00 bits per heavy atom. The molecule has 0 bridgehead atoms. The minimum Gasteiger partial charge on any atom is -0.454 e. The van der Waals surface area contributed by atoms with Crippen LogP contribution < -0.4 is 15.2 Å². The van der Waals surface area contributed by atoms with E-state index in [1.165, 1.54) is 6.20 Å². The number of rotatable bonds is 5. The first-order valence-electron chi connectivity index (χ1n) is 9.25. The average Bonchev–Trinajstić information content (AvgIpc) is 3.16. The lowest BCUT2D eigenvalue weighted by Gasteiger charge is -2.03. The molecule has 1 saturated carbocycles. The minimum atomic E-state index is -0.695. The zero-order chi connectivity index (χ0) is 20.7. The Bertz CT molecular complexity index is 1160. The van der Waals surface area contributed by atoms with Gasteiger partial charge in [0.15, 0.2) is 23.1 Å².